The van der Waals surface area contributed by atoms with Gasteiger partial charge >= 0.3 is 5.97 Å². The van der Waals surface area contributed by atoms with Crippen LogP contribution in [0.3, 0.4) is 0 Å². The molecule has 0 aromatic heterocycles. The highest BCUT2D eigenvalue weighted by Crippen LogP contribution is 2.26. The number of halogens is 1. The summed E-state index contributed by atoms with van der Waals surface area (Å²) in [5.74, 6) is -1.81. The van der Waals surface area contributed by atoms with E-state index >= 15 is 0 Å². The highest BCUT2D eigenvalue weighted by molar-refractivity contribution is 7.90. The van der Waals surface area contributed by atoms with Crippen molar-refractivity contribution in [3.63, 3.8) is 0 Å². The average Bonchev–Trinajstić information content (AvgIpc) is 2.81. The zero-order valence-electron chi connectivity index (χ0n) is 18.6. The average molecular weight is 493 g/mol. The van der Waals surface area contributed by atoms with Crippen molar-refractivity contribution in [1.29, 1.82) is 0 Å². The molecule has 0 bridgehead atoms. The summed E-state index contributed by atoms with van der Waals surface area (Å²) in [6.45, 7) is -0.353. The van der Waals surface area contributed by atoms with Gasteiger partial charge in [-0.3, -0.25) is 14.9 Å². The number of hydrogen-bond donors (Lipinski definition) is 0. The molecule has 0 N–H and O–H groups in total. The van der Waals surface area contributed by atoms with E-state index in [0.29, 0.717) is 0 Å². The number of esters is 1. The number of nitro groups is 1. The third-order valence-electron chi connectivity index (χ3n) is 5.72. The molecule has 182 valence electrons. The minimum atomic E-state index is -3.88. The van der Waals surface area contributed by atoms with Gasteiger partial charge in [0.1, 0.15) is 10.7 Å². The van der Waals surface area contributed by atoms with Gasteiger partial charge in [-0.05, 0) is 42.7 Å². The van der Waals surface area contributed by atoms with Crippen LogP contribution in [0.15, 0.2) is 47.4 Å². The summed E-state index contributed by atoms with van der Waals surface area (Å²) in [6, 6.07) is 8.65. The van der Waals surface area contributed by atoms with Gasteiger partial charge in [0.05, 0.1) is 10.5 Å². The van der Waals surface area contributed by atoms with E-state index in [1.54, 1.807) is 17.0 Å². The SMILES string of the molecule is CS(=O)(=O)c1ccc(C(=O)OCC(=O)N(Cc2ccc(F)cc2)C2CCCCC2)cc1[N+](=O)[O-]. The molecule has 0 aliphatic heterocycles. The zero-order valence-corrected chi connectivity index (χ0v) is 19.4. The van der Waals surface area contributed by atoms with Crippen molar-refractivity contribution in [2.45, 2.75) is 49.6 Å². The van der Waals surface area contributed by atoms with E-state index in [0.717, 1.165) is 62.1 Å². The highest BCUT2D eigenvalue weighted by atomic mass is 32.2. The molecule has 0 unspecified atom stereocenters. The highest BCUT2D eigenvalue weighted by Gasteiger charge is 2.28. The first-order chi connectivity index (χ1) is 16.1. The predicted octanol–water partition coefficient (Wildman–Crippen LogP) is 3.66. The Kier molecular flexibility index (Phi) is 7.98. The molecule has 0 saturated heterocycles. The van der Waals surface area contributed by atoms with Gasteiger partial charge in [0.2, 0.25) is 0 Å². The zero-order chi connectivity index (χ0) is 24.9. The van der Waals surface area contributed by atoms with Gasteiger partial charge in [0, 0.05) is 24.9 Å². The summed E-state index contributed by atoms with van der Waals surface area (Å²) in [5, 5.41) is 11.3. The lowest BCUT2D eigenvalue weighted by Gasteiger charge is -2.34. The lowest BCUT2D eigenvalue weighted by molar-refractivity contribution is -0.387. The molecular weight excluding hydrogens is 467 g/mol. The monoisotopic (exact) mass is 492 g/mol. The number of benzene rings is 2. The Bertz CT molecular complexity index is 1180. The van der Waals surface area contributed by atoms with Crippen molar-refractivity contribution in [2.75, 3.05) is 12.9 Å². The fourth-order valence-electron chi connectivity index (χ4n) is 3.99. The van der Waals surface area contributed by atoms with Gasteiger partial charge in [-0.15, -0.1) is 0 Å². The number of sulfone groups is 1. The topological polar surface area (TPSA) is 124 Å². The van der Waals surface area contributed by atoms with E-state index in [2.05, 4.69) is 0 Å². The van der Waals surface area contributed by atoms with Crippen molar-refractivity contribution >= 4 is 27.4 Å². The molecule has 0 heterocycles. The van der Waals surface area contributed by atoms with E-state index in [4.69, 9.17) is 4.74 Å². The van der Waals surface area contributed by atoms with Crippen LogP contribution >= 0.6 is 0 Å². The molecule has 1 amide bonds. The molecule has 11 heteroatoms. The van der Waals surface area contributed by atoms with Crippen LogP contribution in [-0.4, -0.2) is 49.0 Å². The van der Waals surface area contributed by atoms with Crippen LogP contribution in [-0.2, 0) is 25.9 Å². The molecule has 2 aromatic carbocycles. The molecule has 34 heavy (non-hydrogen) atoms. The maximum absolute atomic E-state index is 13.3. The first-order valence-electron chi connectivity index (χ1n) is 10.8. The quantitative estimate of drug-likeness (QED) is 0.313. The second kappa shape index (κ2) is 10.7. The summed E-state index contributed by atoms with van der Waals surface area (Å²) in [7, 11) is -3.88. The predicted molar refractivity (Wildman–Crippen MR) is 120 cm³/mol. The van der Waals surface area contributed by atoms with Crippen LogP contribution in [0.4, 0.5) is 10.1 Å². The summed E-state index contributed by atoms with van der Waals surface area (Å²) >= 11 is 0. The Morgan fingerprint density at radius 2 is 1.76 bits per heavy atom. The summed E-state index contributed by atoms with van der Waals surface area (Å²) in [6.07, 6.45) is 5.45. The van der Waals surface area contributed by atoms with Crippen molar-refractivity contribution < 1.29 is 32.1 Å². The van der Waals surface area contributed by atoms with E-state index in [9.17, 15) is 32.5 Å². The van der Waals surface area contributed by atoms with E-state index in [1.165, 1.54) is 12.1 Å². The Hall–Kier alpha value is -3.34. The molecule has 2 aromatic rings. The Labute approximate surface area is 196 Å². The number of rotatable bonds is 8. The van der Waals surface area contributed by atoms with Crippen LogP contribution in [0.1, 0.15) is 48.0 Å². The molecular formula is C23H25FN2O7S. The summed E-state index contributed by atoms with van der Waals surface area (Å²) in [5.41, 5.74) is -0.253. The molecule has 1 saturated carbocycles. The summed E-state index contributed by atoms with van der Waals surface area (Å²) in [4.78, 5) is 36.9. The van der Waals surface area contributed by atoms with Crippen molar-refractivity contribution in [3.05, 3.63) is 69.5 Å². The van der Waals surface area contributed by atoms with Crippen LogP contribution in [0, 0.1) is 15.9 Å². The standard InChI is InChI=1S/C23H25FN2O7S/c1-34(31,32)21-12-9-17(13-20(21)26(29)30)23(28)33-15-22(27)25(19-5-3-2-4-6-19)14-16-7-10-18(24)11-8-16/h7-13,19H,2-6,14-15H2,1H3. The first kappa shape index (κ1) is 25.3. The van der Waals surface area contributed by atoms with Crippen LogP contribution in [0.2, 0.25) is 0 Å². The molecule has 1 fully saturated rings. The molecule has 1 aliphatic carbocycles. The van der Waals surface area contributed by atoms with Crippen molar-refractivity contribution in [1.82, 2.24) is 4.90 Å². The lowest BCUT2D eigenvalue weighted by atomic mass is 9.93. The fraction of sp³-hybridized carbons (Fsp3) is 0.391. The number of carbonyl (C=O) groups excluding carboxylic acids is 2. The second-order valence-corrected chi connectivity index (χ2v) is 10.2. The Morgan fingerprint density at radius 1 is 1.12 bits per heavy atom. The number of carbonyl (C=O) groups is 2. The number of nitro benzene ring substituents is 1. The van der Waals surface area contributed by atoms with Gasteiger partial charge in [-0.2, -0.15) is 0 Å². The Balaban J connectivity index is 1.74. The number of amides is 1. The molecule has 3 rings (SSSR count). The molecule has 9 nitrogen and oxygen atoms in total. The number of hydrogen-bond acceptors (Lipinski definition) is 7. The lowest BCUT2D eigenvalue weighted by Crippen LogP contribution is -2.43. The molecule has 0 radical (unpaired) electrons. The molecule has 1 aliphatic rings. The molecule has 0 atom stereocenters. The van der Waals surface area contributed by atoms with E-state index in [1.807, 2.05) is 0 Å². The van der Waals surface area contributed by atoms with Crippen LogP contribution < -0.4 is 0 Å². The smallest absolute Gasteiger partial charge is 0.338 e. The third kappa shape index (κ3) is 6.37. The van der Waals surface area contributed by atoms with Crippen LogP contribution in [0.25, 0.3) is 0 Å². The van der Waals surface area contributed by atoms with Gasteiger partial charge in [-0.25, -0.2) is 17.6 Å². The maximum Gasteiger partial charge on any atom is 0.338 e. The fourth-order valence-corrected chi connectivity index (χ4v) is 4.82. The number of ether oxygens (including phenoxy) is 1. The van der Waals surface area contributed by atoms with Crippen LogP contribution in [0.5, 0.6) is 0 Å². The van der Waals surface area contributed by atoms with Gasteiger partial charge in [0.15, 0.2) is 16.4 Å². The van der Waals surface area contributed by atoms with Gasteiger partial charge in [0.25, 0.3) is 11.6 Å². The third-order valence-corrected chi connectivity index (χ3v) is 6.86. The summed E-state index contributed by atoms with van der Waals surface area (Å²) < 4.78 is 41.9. The van der Waals surface area contributed by atoms with Crippen molar-refractivity contribution in [3.8, 4) is 0 Å². The maximum atomic E-state index is 13.3. The normalized spacial score (nSPS) is 14.4. The van der Waals surface area contributed by atoms with E-state index < -0.39 is 43.8 Å². The second-order valence-electron chi connectivity index (χ2n) is 8.23. The van der Waals surface area contributed by atoms with Gasteiger partial charge in [-0.1, -0.05) is 31.4 Å². The Morgan fingerprint density at radius 3 is 2.35 bits per heavy atom. The largest absolute Gasteiger partial charge is 0.452 e. The minimum Gasteiger partial charge on any atom is -0.452 e. The van der Waals surface area contributed by atoms with Gasteiger partial charge < -0.3 is 9.64 Å². The first-order valence-corrected chi connectivity index (χ1v) is 12.6. The van der Waals surface area contributed by atoms with E-state index in [-0.39, 0.29) is 24.0 Å². The number of nitrogens with zero attached hydrogens (tertiary/aromatic N) is 2. The minimum absolute atomic E-state index is 0.0415. The van der Waals surface area contributed by atoms with Crippen molar-refractivity contribution in [2.24, 2.45) is 0 Å². The molecule has 0 spiro atoms.